The molecule has 0 aliphatic rings. The van der Waals surface area contributed by atoms with Crippen LogP contribution in [0.25, 0.3) is 10.9 Å². The summed E-state index contributed by atoms with van der Waals surface area (Å²) >= 11 is 1.57. The van der Waals surface area contributed by atoms with Crippen LogP contribution < -0.4 is 5.32 Å². The molecule has 3 rings (SSSR count). The molecular weight excluding hydrogens is 298 g/mol. The smallest absolute Gasteiger partial charge is 0.239 e. The first kappa shape index (κ1) is 14.6. The number of carbonyl (C=O) groups is 1. The molecule has 7 heteroatoms. The van der Waals surface area contributed by atoms with Crippen LogP contribution in [0.15, 0.2) is 48.0 Å². The molecule has 0 atom stereocenters. The van der Waals surface area contributed by atoms with Crippen molar-refractivity contribution in [3.8, 4) is 0 Å². The third-order valence-corrected chi connectivity index (χ3v) is 4.36. The average molecular weight is 315 g/mol. The number of thioether (sulfide) groups is 1. The van der Waals surface area contributed by atoms with Gasteiger partial charge in [0.05, 0.1) is 0 Å². The molecule has 0 saturated heterocycles. The van der Waals surface area contributed by atoms with E-state index in [1.165, 1.54) is 0 Å². The highest BCUT2D eigenvalue weighted by atomic mass is 32.2. The summed E-state index contributed by atoms with van der Waals surface area (Å²) in [5.74, 6) is 0.782. The standard InChI is InChI=1S/C15H17N5OS/c1-19-11-17-18-15(19)22-9-7-16-14(21)10-20-8-6-12-4-2-3-5-13(12)20/h2-6,8,11H,7,9-10H2,1H3,(H,16,21). The van der Waals surface area contributed by atoms with Gasteiger partial charge in [-0.15, -0.1) is 10.2 Å². The third-order valence-electron chi connectivity index (χ3n) is 3.32. The van der Waals surface area contributed by atoms with E-state index in [9.17, 15) is 4.79 Å². The number of benzene rings is 1. The average Bonchev–Trinajstić information content (AvgIpc) is 3.11. The van der Waals surface area contributed by atoms with Crippen molar-refractivity contribution < 1.29 is 4.79 Å². The van der Waals surface area contributed by atoms with Crippen LogP contribution in [0.4, 0.5) is 0 Å². The number of rotatable bonds is 6. The minimum absolute atomic E-state index is 0.0138. The third kappa shape index (κ3) is 3.30. The molecule has 0 aliphatic heterocycles. The summed E-state index contributed by atoms with van der Waals surface area (Å²) in [6.07, 6.45) is 3.61. The largest absolute Gasteiger partial charge is 0.354 e. The Labute approximate surface area is 132 Å². The number of hydrogen-bond acceptors (Lipinski definition) is 4. The lowest BCUT2D eigenvalue weighted by atomic mass is 10.2. The van der Waals surface area contributed by atoms with Crippen molar-refractivity contribution in [3.63, 3.8) is 0 Å². The predicted octanol–water partition coefficient (Wildman–Crippen LogP) is 1.68. The summed E-state index contributed by atoms with van der Waals surface area (Å²) in [4.78, 5) is 12.0. The molecule has 1 aromatic carbocycles. The molecule has 0 saturated carbocycles. The van der Waals surface area contributed by atoms with E-state index in [0.717, 1.165) is 21.8 Å². The minimum Gasteiger partial charge on any atom is -0.354 e. The topological polar surface area (TPSA) is 64.7 Å². The Morgan fingerprint density at radius 1 is 1.32 bits per heavy atom. The first-order chi connectivity index (χ1) is 10.7. The Bertz CT molecular complexity index is 779. The quantitative estimate of drug-likeness (QED) is 0.555. The van der Waals surface area contributed by atoms with Gasteiger partial charge in [-0.25, -0.2) is 0 Å². The van der Waals surface area contributed by atoms with E-state index < -0.39 is 0 Å². The lowest BCUT2D eigenvalue weighted by Crippen LogP contribution is -2.29. The van der Waals surface area contributed by atoms with Gasteiger partial charge in [-0.1, -0.05) is 30.0 Å². The molecule has 0 fully saturated rings. The van der Waals surface area contributed by atoms with E-state index in [1.54, 1.807) is 18.1 Å². The van der Waals surface area contributed by atoms with Gasteiger partial charge < -0.3 is 14.5 Å². The van der Waals surface area contributed by atoms with Crippen LogP contribution in [0, 0.1) is 0 Å². The van der Waals surface area contributed by atoms with Gasteiger partial charge in [-0.3, -0.25) is 4.79 Å². The van der Waals surface area contributed by atoms with Gasteiger partial charge in [-0.05, 0) is 17.5 Å². The second-order valence-electron chi connectivity index (χ2n) is 4.93. The molecule has 114 valence electrons. The molecule has 0 radical (unpaired) electrons. The van der Waals surface area contributed by atoms with Gasteiger partial charge in [0.2, 0.25) is 5.91 Å². The fourth-order valence-corrected chi connectivity index (χ4v) is 2.97. The maximum absolute atomic E-state index is 12.0. The predicted molar refractivity (Wildman–Crippen MR) is 86.7 cm³/mol. The molecule has 6 nitrogen and oxygen atoms in total. The zero-order chi connectivity index (χ0) is 15.4. The number of hydrogen-bond donors (Lipinski definition) is 1. The zero-order valence-electron chi connectivity index (χ0n) is 12.3. The van der Waals surface area contributed by atoms with Crippen LogP contribution in [0.2, 0.25) is 0 Å². The van der Waals surface area contributed by atoms with Gasteiger partial charge in [0.15, 0.2) is 5.16 Å². The van der Waals surface area contributed by atoms with Crippen molar-refractivity contribution in [3.05, 3.63) is 42.9 Å². The summed E-state index contributed by atoms with van der Waals surface area (Å²) < 4.78 is 3.82. The molecule has 2 aromatic heterocycles. The number of nitrogens with zero attached hydrogens (tertiary/aromatic N) is 4. The summed E-state index contributed by atoms with van der Waals surface area (Å²) in [6, 6.07) is 10.1. The number of fused-ring (bicyclic) bond motifs is 1. The Morgan fingerprint density at radius 3 is 3.00 bits per heavy atom. The number of para-hydroxylation sites is 1. The molecule has 3 aromatic rings. The lowest BCUT2D eigenvalue weighted by molar-refractivity contribution is -0.121. The highest BCUT2D eigenvalue weighted by Crippen LogP contribution is 2.15. The van der Waals surface area contributed by atoms with Gasteiger partial charge in [0, 0.05) is 31.1 Å². The number of aryl methyl sites for hydroxylation is 1. The van der Waals surface area contributed by atoms with Gasteiger partial charge >= 0.3 is 0 Å². The Hall–Kier alpha value is -2.28. The maximum Gasteiger partial charge on any atom is 0.239 e. The van der Waals surface area contributed by atoms with Crippen molar-refractivity contribution in [2.45, 2.75) is 11.7 Å². The molecule has 0 unspecified atom stereocenters. The van der Waals surface area contributed by atoms with Crippen LogP contribution in [0.1, 0.15) is 0 Å². The Balaban J connectivity index is 1.47. The van der Waals surface area contributed by atoms with Crippen molar-refractivity contribution in [2.24, 2.45) is 7.05 Å². The van der Waals surface area contributed by atoms with E-state index >= 15 is 0 Å². The van der Waals surface area contributed by atoms with E-state index in [-0.39, 0.29) is 5.91 Å². The van der Waals surface area contributed by atoms with E-state index in [1.807, 2.05) is 52.7 Å². The summed E-state index contributed by atoms with van der Waals surface area (Å²) in [5, 5.41) is 12.7. The first-order valence-electron chi connectivity index (χ1n) is 7.01. The second kappa shape index (κ2) is 6.65. The monoisotopic (exact) mass is 315 g/mol. The molecule has 0 spiro atoms. The molecule has 0 aliphatic carbocycles. The zero-order valence-corrected chi connectivity index (χ0v) is 13.1. The van der Waals surface area contributed by atoms with Crippen LogP contribution in [-0.2, 0) is 18.4 Å². The molecule has 22 heavy (non-hydrogen) atoms. The first-order valence-corrected chi connectivity index (χ1v) is 8.00. The van der Waals surface area contributed by atoms with Crippen LogP contribution in [0.5, 0.6) is 0 Å². The molecular formula is C15H17N5OS. The number of carbonyl (C=O) groups excluding carboxylic acids is 1. The SMILES string of the molecule is Cn1cnnc1SCCNC(=O)Cn1ccc2ccccc21. The fourth-order valence-electron chi connectivity index (χ4n) is 2.23. The van der Waals surface area contributed by atoms with Crippen LogP contribution in [-0.4, -0.2) is 37.5 Å². The van der Waals surface area contributed by atoms with Crippen molar-refractivity contribution >= 4 is 28.6 Å². The molecule has 2 heterocycles. The van der Waals surface area contributed by atoms with Crippen molar-refractivity contribution in [2.75, 3.05) is 12.3 Å². The summed E-state index contributed by atoms with van der Waals surface area (Å²) in [6.45, 7) is 0.942. The fraction of sp³-hybridized carbons (Fsp3) is 0.267. The van der Waals surface area contributed by atoms with Crippen molar-refractivity contribution in [1.82, 2.24) is 24.6 Å². The second-order valence-corrected chi connectivity index (χ2v) is 5.99. The van der Waals surface area contributed by atoms with Crippen LogP contribution >= 0.6 is 11.8 Å². The van der Waals surface area contributed by atoms with Gasteiger partial charge in [-0.2, -0.15) is 0 Å². The number of aromatic nitrogens is 4. The minimum atomic E-state index is 0.0138. The van der Waals surface area contributed by atoms with Gasteiger partial charge in [0.25, 0.3) is 0 Å². The van der Waals surface area contributed by atoms with E-state index in [4.69, 9.17) is 0 Å². The Morgan fingerprint density at radius 2 is 2.18 bits per heavy atom. The molecule has 0 bridgehead atoms. The molecule has 1 N–H and O–H groups in total. The van der Waals surface area contributed by atoms with E-state index in [0.29, 0.717) is 13.1 Å². The van der Waals surface area contributed by atoms with E-state index in [2.05, 4.69) is 15.5 Å². The van der Waals surface area contributed by atoms with Crippen molar-refractivity contribution in [1.29, 1.82) is 0 Å². The van der Waals surface area contributed by atoms with Crippen LogP contribution in [0.3, 0.4) is 0 Å². The molecule has 1 amide bonds. The number of amides is 1. The highest BCUT2D eigenvalue weighted by Gasteiger charge is 2.06. The normalized spacial score (nSPS) is 11.0. The summed E-state index contributed by atoms with van der Waals surface area (Å²) in [7, 11) is 1.90. The Kier molecular flexibility index (Phi) is 4.43. The number of nitrogens with one attached hydrogen (secondary N) is 1. The maximum atomic E-state index is 12.0. The highest BCUT2D eigenvalue weighted by molar-refractivity contribution is 7.99. The lowest BCUT2D eigenvalue weighted by Gasteiger charge is -2.07. The van der Waals surface area contributed by atoms with Gasteiger partial charge in [0.1, 0.15) is 12.9 Å². The summed E-state index contributed by atoms with van der Waals surface area (Å²) in [5.41, 5.74) is 1.08.